The maximum Gasteiger partial charge on any atom is 0.235 e. The van der Waals surface area contributed by atoms with Crippen molar-refractivity contribution in [3.05, 3.63) is 52.6 Å². The Kier molecular flexibility index (Phi) is 6.94. The van der Waals surface area contributed by atoms with Crippen LogP contribution in [0.25, 0.3) is 0 Å². The summed E-state index contributed by atoms with van der Waals surface area (Å²) in [6, 6.07) is 13.7. The van der Waals surface area contributed by atoms with E-state index in [1.807, 2.05) is 49.2 Å². The fourth-order valence-corrected chi connectivity index (χ4v) is 4.61. The molecule has 0 aliphatic carbocycles. The third-order valence-corrected chi connectivity index (χ3v) is 6.46. The molecule has 0 spiro atoms. The van der Waals surface area contributed by atoms with Gasteiger partial charge in [-0.25, -0.2) is 4.98 Å². The van der Waals surface area contributed by atoms with Crippen molar-refractivity contribution in [1.82, 2.24) is 4.98 Å². The van der Waals surface area contributed by atoms with Crippen LogP contribution in [0.3, 0.4) is 0 Å². The predicted molar refractivity (Wildman–Crippen MR) is 115 cm³/mol. The maximum atomic E-state index is 12.2. The van der Waals surface area contributed by atoms with Gasteiger partial charge < -0.3 is 15.4 Å². The minimum absolute atomic E-state index is 0.0983. The van der Waals surface area contributed by atoms with E-state index in [2.05, 4.69) is 12.1 Å². The van der Waals surface area contributed by atoms with Crippen molar-refractivity contribution < 1.29 is 9.53 Å². The van der Waals surface area contributed by atoms with Gasteiger partial charge in [0.05, 0.1) is 23.8 Å². The summed E-state index contributed by atoms with van der Waals surface area (Å²) < 4.78 is 5.49. The average molecular weight is 422 g/mol. The number of rotatable bonds is 7. The number of carbonyl (C=O) groups excluding carboxylic acids is 1. The zero-order chi connectivity index (χ0) is 21.7. The molecule has 1 fully saturated rings. The Morgan fingerprint density at radius 2 is 2.03 bits per heavy atom. The van der Waals surface area contributed by atoms with Crippen LogP contribution in [0.5, 0.6) is 0 Å². The zero-order valence-corrected chi connectivity index (χ0v) is 17.8. The molecule has 8 heteroatoms. The van der Waals surface area contributed by atoms with E-state index >= 15 is 0 Å². The lowest BCUT2D eigenvalue weighted by Gasteiger charge is -2.27. The molecule has 0 saturated carbocycles. The van der Waals surface area contributed by atoms with Crippen LogP contribution < -0.4 is 10.6 Å². The minimum atomic E-state index is -0.698. The van der Waals surface area contributed by atoms with Gasteiger partial charge in [-0.3, -0.25) is 4.79 Å². The van der Waals surface area contributed by atoms with E-state index in [-0.39, 0.29) is 6.04 Å². The van der Waals surface area contributed by atoms with Crippen molar-refractivity contribution in [2.24, 2.45) is 5.73 Å². The van der Waals surface area contributed by atoms with E-state index in [0.29, 0.717) is 47.2 Å². The fourth-order valence-electron chi connectivity index (χ4n) is 3.55. The number of benzene rings is 1. The van der Waals surface area contributed by atoms with Crippen LogP contribution in [0.2, 0.25) is 0 Å². The van der Waals surface area contributed by atoms with Crippen molar-refractivity contribution in [3.8, 4) is 12.1 Å². The molecule has 2 atom stereocenters. The van der Waals surface area contributed by atoms with Crippen molar-refractivity contribution >= 4 is 23.5 Å². The molecule has 1 amide bonds. The summed E-state index contributed by atoms with van der Waals surface area (Å²) in [5, 5.41) is 19.4. The molecule has 1 aromatic carbocycles. The number of carbonyl (C=O) groups is 1. The van der Waals surface area contributed by atoms with Gasteiger partial charge in [0, 0.05) is 13.7 Å². The number of nitrogens with zero attached hydrogens (tertiary/aromatic N) is 4. The highest BCUT2D eigenvalue weighted by Crippen LogP contribution is 2.39. The van der Waals surface area contributed by atoms with E-state index in [4.69, 9.17) is 15.5 Å². The highest BCUT2D eigenvalue weighted by Gasteiger charge is 2.29. The number of thioether (sulfide) groups is 1. The number of hydrogen-bond donors (Lipinski definition) is 1. The van der Waals surface area contributed by atoms with Gasteiger partial charge in [0.2, 0.25) is 5.91 Å². The van der Waals surface area contributed by atoms with Crippen LogP contribution in [-0.4, -0.2) is 37.2 Å². The van der Waals surface area contributed by atoms with Crippen molar-refractivity contribution in [2.45, 2.75) is 36.1 Å². The second-order valence-electron chi connectivity index (χ2n) is 6.99. The number of nitriles is 2. The first kappa shape index (κ1) is 21.6. The van der Waals surface area contributed by atoms with Crippen LogP contribution in [0, 0.1) is 22.7 Å². The van der Waals surface area contributed by atoms with Gasteiger partial charge in [0.15, 0.2) is 0 Å². The summed E-state index contributed by atoms with van der Waals surface area (Å²) in [5.74, 6) is -0.0129. The molecule has 0 radical (unpaired) electrons. The molecule has 2 N–H and O–H groups in total. The Morgan fingerprint density at radius 1 is 1.33 bits per heavy atom. The number of aromatic nitrogens is 1. The second-order valence-corrected chi connectivity index (χ2v) is 8.08. The number of primary amides is 1. The molecule has 1 aliphatic heterocycles. The van der Waals surface area contributed by atoms with Gasteiger partial charge in [0.25, 0.3) is 0 Å². The van der Waals surface area contributed by atoms with Crippen molar-refractivity contribution in [2.75, 3.05) is 25.2 Å². The third-order valence-electron chi connectivity index (χ3n) is 5.20. The van der Waals surface area contributed by atoms with Gasteiger partial charge in [-0.05, 0) is 24.0 Å². The minimum Gasteiger partial charge on any atom is -0.379 e. The van der Waals surface area contributed by atoms with Crippen LogP contribution in [-0.2, 0) is 16.0 Å². The Morgan fingerprint density at radius 3 is 2.57 bits per heavy atom. The quantitative estimate of drug-likeness (QED) is 0.683. The van der Waals surface area contributed by atoms with E-state index in [9.17, 15) is 15.3 Å². The highest BCUT2D eigenvalue weighted by molar-refractivity contribution is 8.00. The standard InChI is InChI=1S/C22H23N5O2S/c1-3-16-17(11-23)21(27(2)15-9-10-29-13-15)26-22(18(16)12-24)30-19(20(25)28)14-7-5-4-6-8-14/h4-8,15,19H,3,9-10,13H2,1-2H3,(H2,25,28)/t15-,19-/m1/s1. The van der Waals surface area contributed by atoms with E-state index < -0.39 is 11.2 Å². The van der Waals surface area contributed by atoms with E-state index in [1.165, 1.54) is 0 Å². The maximum absolute atomic E-state index is 12.2. The normalized spacial score (nSPS) is 16.5. The monoisotopic (exact) mass is 421 g/mol. The van der Waals surface area contributed by atoms with Crippen molar-refractivity contribution in [1.29, 1.82) is 10.5 Å². The van der Waals surface area contributed by atoms with E-state index in [0.717, 1.165) is 23.7 Å². The summed E-state index contributed by atoms with van der Waals surface area (Å²) >= 11 is 1.15. The predicted octanol–water partition coefficient (Wildman–Crippen LogP) is 2.93. The highest BCUT2D eigenvalue weighted by atomic mass is 32.2. The largest absolute Gasteiger partial charge is 0.379 e. The zero-order valence-electron chi connectivity index (χ0n) is 17.0. The SMILES string of the molecule is CCc1c(C#N)c(S[C@@H](C(N)=O)c2ccccc2)nc(N(C)[C@@H]2CCOC2)c1C#N. The molecule has 154 valence electrons. The van der Waals surface area contributed by atoms with Gasteiger partial charge in [0.1, 0.15) is 28.2 Å². The summed E-state index contributed by atoms with van der Waals surface area (Å²) in [6.07, 6.45) is 1.33. The first-order chi connectivity index (χ1) is 14.5. The molecule has 7 nitrogen and oxygen atoms in total. The molecule has 0 unspecified atom stereocenters. The number of pyridine rings is 1. The number of hydrogen-bond acceptors (Lipinski definition) is 7. The molecule has 2 aromatic rings. The Labute approximate surface area is 180 Å². The molecule has 2 heterocycles. The van der Waals surface area contributed by atoms with Crippen molar-refractivity contribution in [3.63, 3.8) is 0 Å². The Hall–Kier alpha value is -3.07. The first-order valence-corrected chi connectivity index (χ1v) is 10.6. The Bertz CT molecular complexity index is 1010. The average Bonchev–Trinajstić information content (AvgIpc) is 3.31. The lowest BCUT2D eigenvalue weighted by molar-refractivity contribution is -0.117. The van der Waals surface area contributed by atoms with E-state index in [1.54, 1.807) is 0 Å². The number of anilines is 1. The molecule has 1 saturated heterocycles. The molecular formula is C22H23N5O2S. The fraction of sp³-hybridized carbons (Fsp3) is 0.364. The van der Waals surface area contributed by atoms with Crippen LogP contribution in [0.1, 0.15) is 40.8 Å². The summed E-state index contributed by atoms with van der Waals surface area (Å²) in [4.78, 5) is 18.9. The smallest absolute Gasteiger partial charge is 0.235 e. The number of nitrogens with two attached hydrogens (primary N) is 1. The van der Waals surface area contributed by atoms with Crippen LogP contribution >= 0.6 is 11.8 Å². The summed E-state index contributed by atoms with van der Waals surface area (Å²) in [7, 11) is 1.88. The molecule has 0 bridgehead atoms. The van der Waals surface area contributed by atoms with Crippen LogP contribution in [0.15, 0.2) is 35.4 Å². The van der Waals surface area contributed by atoms with Gasteiger partial charge in [-0.15, -0.1) is 0 Å². The number of amides is 1. The van der Waals surface area contributed by atoms with Crippen LogP contribution in [0.4, 0.5) is 5.82 Å². The first-order valence-electron chi connectivity index (χ1n) is 9.70. The summed E-state index contributed by atoms with van der Waals surface area (Å²) in [5.41, 5.74) is 7.77. The molecule has 1 aromatic heterocycles. The number of ether oxygens (including phenoxy) is 1. The molecule has 1 aliphatic rings. The Balaban J connectivity index is 2.13. The van der Waals surface area contributed by atoms with Gasteiger partial charge in [-0.2, -0.15) is 10.5 Å². The summed E-state index contributed by atoms with van der Waals surface area (Å²) in [6.45, 7) is 3.12. The lowest BCUT2D eigenvalue weighted by atomic mass is 10.0. The molecule has 3 rings (SSSR count). The van der Waals surface area contributed by atoms with Gasteiger partial charge >= 0.3 is 0 Å². The third kappa shape index (κ3) is 4.25. The number of likely N-dealkylation sites (N-methyl/N-ethyl adjacent to an activating group) is 1. The molecule has 30 heavy (non-hydrogen) atoms. The van der Waals surface area contributed by atoms with Gasteiger partial charge in [-0.1, -0.05) is 49.0 Å². The topological polar surface area (TPSA) is 116 Å². The molecular weight excluding hydrogens is 398 g/mol. The lowest BCUT2D eigenvalue weighted by Crippen LogP contribution is -2.33. The second kappa shape index (κ2) is 9.62.